The Morgan fingerprint density at radius 1 is 1.29 bits per heavy atom. The number of aromatic nitrogens is 1. The molecule has 3 heteroatoms. The number of hydrogen-bond acceptors (Lipinski definition) is 3. The molecule has 78 valence electrons. The van der Waals surface area contributed by atoms with Crippen molar-refractivity contribution < 1.29 is 0 Å². The zero-order chi connectivity index (χ0) is 10.1. The van der Waals surface area contributed by atoms with Crippen molar-refractivity contribution in [3.8, 4) is 0 Å². The summed E-state index contributed by atoms with van der Waals surface area (Å²) in [5, 5.41) is 3.42. The van der Waals surface area contributed by atoms with E-state index in [0.717, 1.165) is 13.1 Å². The molecular formula is C11H18N2S. The van der Waals surface area contributed by atoms with Crippen LogP contribution < -0.4 is 5.32 Å². The molecular weight excluding hydrogens is 192 g/mol. The van der Waals surface area contributed by atoms with Crippen molar-refractivity contribution >= 4 is 11.8 Å². The molecule has 14 heavy (non-hydrogen) atoms. The van der Waals surface area contributed by atoms with Gasteiger partial charge in [-0.25, -0.2) is 0 Å². The van der Waals surface area contributed by atoms with Crippen molar-refractivity contribution in [3.05, 3.63) is 30.1 Å². The first-order chi connectivity index (χ1) is 6.93. The smallest absolute Gasteiger partial charge is 0.0271 e. The number of thioether (sulfide) groups is 1. The highest BCUT2D eigenvalue weighted by Crippen LogP contribution is 1.99. The maximum absolute atomic E-state index is 3.98. The first kappa shape index (κ1) is 11.5. The lowest BCUT2D eigenvalue weighted by Gasteiger charge is -2.03. The highest BCUT2D eigenvalue weighted by molar-refractivity contribution is 7.98. The number of unbranched alkanes of at least 4 members (excludes halogenated alkanes) is 1. The van der Waals surface area contributed by atoms with Gasteiger partial charge < -0.3 is 5.32 Å². The molecule has 0 amide bonds. The van der Waals surface area contributed by atoms with Crippen molar-refractivity contribution in [2.24, 2.45) is 0 Å². The number of nitrogens with one attached hydrogen (secondary N) is 1. The fourth-order valence-corrected chi connectivity index (χ4v) is 1.72. The second-order valence-electron chi connectivity index (χ2n) is 3.23. The molecule has 1 aromatic rings. The van der Waals surface area contributed by atoms with Gasteiger partial charge in [0.05, 0.1) is 0 Å². The van der Waals surface area contributed by atoms with Crippen molar-refractivity contribution in [2.75, 3.05) is 18.6 Å². The Kier molecular flexibility index (Phi) is 6.45. The van der Waals surface area contributed by atoms with Crippen LogP contribution in [-0.4, -0.2) is 23.5 Å². The third-order valence-electron chi connectivity index (χ3n) is 2.03. The van der Waals surface area contributed by atoms with Crippen LogP contribution in [0.5, 0.6) is 0 Å². The Labute approximate surface area is 90.5 Å². The van der Waals surface area contributed by atoms with E-state index in [-0.39, 0.29) is 0 Å². The van der Waals surface area contributed by atoms with E-state index in [4.69, 9.17) is 0 Å². The van der Waals surface area contributed by atoms with Gasteiger partial charge in [-0.3, -0.25) is 4.98 Å². The average molecular weight is 210 g/mol. The van der Waals surface area contributed by atoms with Crippen LogP contribution >= 0.6 is 11.8 Å². The standard InChI is InChI=1S/C11H18N2S/c1-14-9-3-2-6-13-10-11-4-7-12-8-5-11/h4-5,7-8,13H,2-3,6,9-10H2,1H3. The molecule has 0 atom stereocenters. The monoisotopic (exact) mass is 210 g/mol. The maximum Gasteiger partial charge on any atom is 0.0271 e. The second-order valence-corrected chi connectivity index (χ2v) is 4.22. The van der Waals surface area contributed by atoms with Gasteiger partial charge in [0.2, 0.25) is 0 Å². The van der Waals surface area contributed by atoms with E-state index in [1.165, 1.54) is 24.2 Å². The fraction of sp³-hybridized carbons (Fsp3) is 0.545. The summed E-state index contributed by atoms with van der Waals surface area (Å²) in [6, 6.07) is 4.10. The molecule has 1 rings (SSSR count). The molecule has 0 saturated heterocycles. The molecule has 0 bridgehead atoms. The van der Waals surface area contributed by atoms with Crippen molar-refractivity contribution in [1.29, 1.82) is 0 Å². The van der Waals surface area contributed by atoms with Gasteiger partial charge in [-0.15, -0.1) is 0 Å². The fourth-order valence-electron chi connectivity index (χ4n) is 1.23. The van der Waals surface area contributed by atoms with Crippen molar-refractivity contribution in [3.63, 3.8) is 0 Å². The van der Waals surface area contributed by atoms with E-state index in [9.17, 15) is 0 Å². The molecule has 1 aromatic heterocycles. The number of hydrogen-bond donors (Lipinski definition) is 1. The molecule has 0 unspecified atom stereocenters. The largest absolute Gasteiger partial charge is 0.313 e. The van der Waals surface area contributed by atoms with Crippen LogP contribution in [0, 0.1) is 0 Å². The summed E-state index contributed by atoms with van der Waals surface area (Å²) in [7, 11) is 0. The lowest BCUT2D eigenvalue weighted by molar-refractivity contribution is 0.643. The Bertz CT molecular complexity index is 226. The van der Waals surface area contributed by atoms with Crippen LogP contribution in [-0.2, 0) is 6.54 Å². The van der Waals surface area contributed by atoms with E-state index in [0.29, 0.717) is 0 Å². The second kappa shape index (κ2) is 7.83. The first-order valence-corrected chi connectivity index (χ1v) is 6.41. The van der Waals surface area contributed by atoms with E-state index in [1.807, 2.05) is 24.2 Å². The predicted molar refractivity (Wildman–Crippen MR) is 63.6 cm³/mol. The van der Waals surface area contributed by atoms with Crippen LogP contribution in [0.2, 0.25) is 0 Å². The number of nitrogens with zero attached hydrogens (tertiary/aromatic N) is 1. The Hall–Kier alpha value is -0.540. The van der Waals surface area contributed by atoms with Gasteiger partial charge in [-0.05, 0) is 49.1 Å². The molecule has 0 spiro atoms. The van der Waals surface area contributed by atoms with E-state index in [2.05, 4.69) is 28.7 Å². The van der Waals surface area contributed by atoms with Crippen molar-refractivity contribution in [1.82, 2.24) is 10.3 Å². The molecule has 0 fully saturated rings. The van der Waals surface area contributed by atoms with Gasteiger partial charge in [0.25, 0.3) is 0 Å². The lowest BCUT2D eigenvalue weighted by atomic mass is 10.2. The normalized spacial score (nSPS) is 10.4. The number of rotatable bonds is 7. The summed E-state index contributed by atoms with van der Waals surface area (Å²) < 4.78 is 0. The molecule has 0 aliphatic carbocycles. The summed E-state index contributed by atoms with van der Waals surface area (Å²) in [6.07, 6.45) is 8.41. The SMILES string of the molecule is CSCCCCNCc1ccncc1. The summed E-state index contributed by atoms with van der Waals surface area (Å²) in [5.41, 5.74) is 1.31. The highest BCUT2D eigenvalue weighted by atomic mass is 32.2. The molecule has 1 N–H and O–H groups in total. The zero-order valence-corrected chi connectivity index (χ0v) is 9.52. The van der Waals surface area contributed by atoms with E-state index >= 15 is 0 Å². The Morgan fingerprint density at radius 2 is 2.07 bits per heavy atom. The summed E-state index contributed by atoms with van der Waals surface area (Å²) in [6.45, 7) is 2.07. The third-order valence-corrected chi connectivity index (χ3v) is 2.73. The molecule has 0 aromatic carbocycles. The van der Waals surface area contributed by atoms with Crippen LogP contribution in [0.15, 0.2) is 24.5 Å². The maximum atomic E-state index is 3.98. The predicted octanol–water partition coefficient (Wildman–Crippen LogP) is 2.31. The van der Waals surface area contributed by atoms with Crippen LogP contribution in [0.4, 0.5) is 0 Å². The first-order valence-electron chi connectivity index (χ1n) is 5.02. The topological polar surface area (TPSA) is 24.9 Å². The Balaban J connectivity index is 1.99. The quantitative estimate of drug-likeness (QED) is 0.699. The minimum Gasteiger partial charge on any atom is -0.313 e. The minimum atomic E-state index is 0.960. The van der Waals surface area contributed by atoms with Crippen LogP contribution in [0.1, 0.15) is 18.4 Å². The van der Waals surface area contributed by atoms with Gasteiger partial charge >= 0.3 is 0 Å². The van der Waals surface area contributed by atoms with Gasteiger partial charge in [0.15, 0.2) is 0 Å². The molecule has 0 aliphatic rings. The van der Waals surface area contributed by atoms with E-state index < -0.39 is 0 Å². The summed E-state index contributed by atoms with van der Waals surface area (Å²) in [5.74, 6) is 1.27. The zero-order valence-electron chi connectivity index (χ0n) is 8.70. The lowest BCUT2D eigenvalue weighted by Crippen LogP contribution is -2.14. The van der Waals surface area contributed by atoms with Gasteiger partial charge in [-0.2, -0.15) is 11.8 Å². The highest BCUT2D eigenvalue weighted by Gasteiger charge is 1.91. The Morgan fingerprint density at radius 3 is 2.79 bits per heavy atom. The third kappa shape index (κ3) is 5.25. The molecule has 0 saturated carbocycles. The molecule has 2 nitrogen and oxygen atoms in total. The van der Waals surface area contributed by atoms with E-state index in [1.54, 1.807) is 0 Å². The summed E-state index contributed by atoms with van der Waals surface area (Å²) in [4.78, 5) is 3.98. The van der Waals surface area contributed by atoms with Crippen LogP contribution in [0.25, 0.3) is 0 Å². The molecule has 0 radical (unpaired) electrons. The minimum absolute atomic E-state index is 0.960. The van der Waals surface area contributed by atoms with Gasteiger partial charge in [0, 0.05) is 18.9 Å². The van der Waals surface area contributed by atoms with Crippen LogP contribution in [0.3, 0.4) is 0 Å². The summed E-state index contributed by atoms with van der Waals surface area (Å²) >= 11 is 1.92. The average Bonchev–Trinajstić information content (AvgIpc) is 2.25. The molecule has 0 aliphatic heterocycles. The van der Waals surface area contributed by atoms with Gasteiger partial charge in [0.1, 0.15) is 0 Å². The molecule has 1 heterocycles. The van der Waals surface area contributed by atoms with Crippen molar-refractivity contribution in [2.45, 2.75) is 19.4 Å². The number of pyridine rings is 1. The van der Waals surface area contributed by atoms with Gasteiger partial charge in [-0.1, -0.05) is 0 Å².